The van der Waals surface area contributed by atoms with E-state index in [1.54, 1.807) is 0 Å². The van der Waals surface area contributed by atoms with E-state index in [1.807, 2.05) is 0 Å². The second kappa shape index (κ2) is 20.5. The summed E-state index contributed by atoms with van der Waals surface area (Å²) in [5, 5.41) is 40.4. The van der Waals surface area contributed by atoms with Crippen molar-refractivity contribution in [3.8, 4) is 0 Å². The number of aliphatic hydroxyl groups is 4. The number of hydrogen-bond acceptors (Lipinski definition) is 5. The number of para-hydroxylation sites is 1. The average Bonchev–Trinajstić information content (AvgIpc) is 3.87. The molecule has 0 spiro atoms. The van der Waals surface area contributed by atoms with Crippen LogP contribution >= 0.6 is 15.8 Å². The molecule has 8 atom stereocenters. The van der Waals surface area contributed by atoms with Crippen molar-refractivity contribution < 1.29 is 20.4 Å². The summed E-state index contributed by atoms with van der Waals surface area (Å²) in [6.45, 7) is 0. The van der Waals surface area contributed by atoms with Crippen LogP contribution in [-0.2, 0) is 0 Å². The van der Waals surface area contributed by atoms with Gasteiger partial charge in [0.2, 0.25) is 0 Å². The van der Waals surface area contributed by atoms with Gasteiger partial charge in [-0.15, -0.1) is 0 Å². The van der Waals surface area contributed by atoms with Crippen molar-refractivity contribution in [2.24, 2.45) is 23.7 Å². The van der Waals surface area contributed by atoms with Gasteiger partial charge in [-0.2, -0.15) is 0 Å². The summed E-state index contributed by atoms with van der Waals surface area (Å²) in [4.78, 5) is 2.81. The van der Waals surface area contributed by atoms with E-state index < -0.39 is 0 Å². The van der Waals surface area contributed by atoms with Crippen molar-refractivity contribution in [3.63, 3.8) is 0 Å². The van der Waals surface area contributed by atoms with Gasteiger partial charge < -0.3 is 25.3 Å². The molecule has 1 aromatic rings. The summed E-state index contributed by atoms with van der Waals surface area (Å²) >= 11 is 0. The fourth-order valence-electron chi connectivity index (χ4n) is 9.49. The summed E-state index contributed by atoms with van der Waals surface area (Å²) in [5.74, 6) is 2.90. The van der Waals surface area contributed by atoms with E-state index in [2.05, 4.69) is 35.2 Å². The maximum Gasteiger partial charge on any atom is 0.0543 e. The molecule has 0 saturated heterocycles. The molecule has 47 heavy (non-hydrogen) atoms. The second-order valence-electron chi connectivity index (χ2n) is 16.3. The standard InChI is InChI=1S/C40H69NO4P2/c42-37-18-14-32(26-37)8-4-22-46(23-5-9-33-15-19-38(43)27-33)30-41(36-12-2-1-3-13-36)31-47(24-6-10-34-16-20-39(44)28-34)25-7-11-35-17-21-40(45)29-35/h1-3,12-13,32-35,37-40,42-45H,4-11,14-31H2. The van der Waals surface area contributed by atoms with Gasteiger partial charge in [-0.05, 0) is 163 Å². The van der Waals surface area contributed by atoms with E-state index in [4.69, 9.17) is 0 Å². The first-order valence-corrected chi connectivity index (χ1v) is 23.7. The van der Waals surface area contributed by atoms with Gasteiger partial charge >= 0.3 is 0 Å². The summed E-state index contributed by atoms with van der Waals surface area (Å²) < 4.78 is 0. The Bertz CT molecular complexity index is 876. The molecule has 8 unspecified atom stereocenters. The zero-order valence-electron chi connectivity index (χ0n) is 29.5. The maximum atomic E-state index is 10.1. The van der Waals surface area contributed by atoms with Crippen LogP contribution in [0.2, 0.25) is 0 Å². The van der Waals surface area contributed by atoms with Gasteiger partial charge in [-0.3, -0.25) is 0 Å². The first kappa shape index (κ1) is 38.0. The molecule has 0 amide bonds. The van der Waals surface area contributed by atoms with Gasteiger partial charge in [-0.25, -0.2) is 0 Å². The lowest BCUT2D eigenvalue weighted by molar-refractivity contribution is 0.176. The highest BCUT2D eigenvalue weighted by Gasteiger charge is 2.27. The van der Waals surface area contributed by atoms with E-state index in [0.29, 0.717) is 0 Å². The highest BCUT2D eigenvalue weighted by atomic mass is 31.1. The van der Waals surface area contributed by atoms with E-state index >= 15 is 0 Å². The first-order valence-electron chi connectivity index (χ1n) is 19.9. The fraction of sp³-hybridized carbons (Fsp3) is 0.850. The minimum absolute atomic E-state index is 0.0615. The number of aliphatic hydroxyl groups excluding tert-OH is 4. The van der Waals surface area contributed by atoms with Gasteiger partial charge in [0.15, 0.2) is 0 Å². The molecule has 0 heterocycles. The van der Waals surface area contributed by atoms with Crippen molar-refractivity contribution in [3.05, 3.63) is 30.3 Å². The third kappa shape index (κ3) is 13.8. The average molecular weight is 690 g/mol. The van der Waals surface area contributed by atoms with Gasteiger partial charge in [-0.1, -0.05) is 59.7 Å². The molecule has 0 aliphatic heterocycles. The molecule has 1 aromatic carbocycles. The summed E-state index contributed by atoms with van der Waals surface area (Å²) in [6.07, 6.45) is 30.9. The number of nitrogens with zero attached hydrogens (tertiary/aromatic N) is 1. The zero-order chi connectivity index (χ0) is 32.8. The Morgan fingerprint density at radius 2 is 0.787 bits per heavy atom. The van der Waals surface area contributed by atoms with Crippen molar-refractivity contribution in [2.75, 3.05) is 42.1 Å². The Kier molecular flexibility index (Phi) is 16.6. The Hall–Kier alpha value is -0.280. The first-order chi connectivity index (χ1) is 22.9. The third-order valence-electron chi connectivity index (χ3n) is 12.3. The second-order valence-corrected chi connectivity index (χ2v) is 21.3. The zero-order valence-corrected chi connectivity index (χ0v) is 31.3. The van der Waals surface area contributed by atoms with Crippen LogP contribution in [0.1, 0.15) is 128 Å². The van der Waals surface area contributed by atoms with Crippen LogP contribution in [0.15, 0.2) is 30.3 Å². The Morgan fingerprint density at radius 1 is 0.468 bits per heavy atom. The normalized spacial score (nSPS) is 32.3. The van der Waals surface area contributed by atoms with Gasteiger partial charge in [0, 0.05) is 18.3 Å². The quantitative estimate of drug-likeness (QED) is 0.0968. The van der Waals surface area contributed by atoms with E-state index in [9.17, 15) is 20.4 Å². The summed E-state index contributed by atoms with van der Waals surface area (Å²) in [6, 6.07) is 11.3. The van der Waals surface area contributed by atoms with Crippen molar-refractivity contribution in [1.29, 1.82) is 0 Å². The SMILES string of the molecule is OC1CCC(CCCP(CCCC2CCC(O)C2)CN(CP(CCCC2CCC(O)C2)CCCC2CCC(O)C2)c2ccccc2)C1. The van der Waals surface area contributed by atoms with Crippen LogP contribution in [0.25, 0.3) is 0 Å². The number of anilines is 1. The lowest BCUT2D eigenvalue weighted by Crippen LogP contribution is -2.26. The molecule has 4 N–H and O–H groups in total. The summed E-state index contributed by atoms with van der Waals surface area (Å²) in [7, 11) is -0.223. The van der Waals surface area contributed by atoms with Crippen molar-refractivity contribution >= 4 is 21.5 Å². The monoisotopic (exact) mass is 689 g/mol. The van der Waals surface area contributed by atoms with Crippen LogP contribution in [0.3, 0.4) is 0 Å². The van der Waals surface area contributed by atoms with Gasteiger partial charge in [0.1, 0.15) is 0 Å². The lowest BCUT2D eigenvalue weighted by atomic mass is 10.0. The molecule has 268 valence electrons. The molecular weight excluding hydrogens is 620 g/mol. The molecule has 4 fully saturated rings. The van der Waals surface area contributed by atoms with Gasteiger partial charge in [0.05, 0.1) is 24.4 Å². The van der Waals surface area contributed by atoms with Crippen molar-refractivity contribution in [2.45, 2.75) is 153 Å². The Morgan fingerprint density at radius 3 is 1.06 bits per heavy atom. The van der Waals surface area contributed by atoms with Crippen molar-refractivity contribution in [1.82, 2.24) is 0 Å². The number of benzene rings is 1. The minimum Gasteiger partial charge on any atom is -0.393 e. The van der Waals surface area contributed by atoms with Crippen LogP contribution in [-0.4, -0.2) is 82.1 Å². The van der Waals surface area contributed by atoms with Crippen LogP contribution < -0.4 is 4.90 Å². The predicted molar refractivity (Wildman–Crippen MR) is 202 cm³/mol. The lowest BCUT2D eigenvalue weighted by Gasteiger charge is -2.34. The topological polar surface area (TPSA) is 84.2 Å². The number of rotatable bonds is 21. The fourth-order valence-corrected chi connectivity index (χ4v) is 14.7. The maximum absolute atomic E-state index is 10.1. The number of hydrogen-bond donors (Lipinski definition) is 4. The van der Waals surface area contributed by atoms with Crippen LogP contribution in [0.5, 0.6) is 0 Å². The summed E-state index contributed by atoms with van der Waals surface area (Å²) in [5.41, 5.74) is 1.41. The molecular formula is C40H69NO4P2. The smallest absolute Gasteiger partial charge is 0.0543 e. The minimum atomic E-state index is -0.112. The van der Waals surface area contributed by atoms with E-state index in [0.717, 1.165) is 75.0 Å². The van der Waals surface area contributed by atoms with E-state index in [1.165, 1.54) is 120 Å². The van der Waals surface area contributed by atoms with Crippen LogP contribution in [0, 0.1) is 23.7 Å². The molecule has 5 nitrogen and oxygen atoms in total. The molecule has 4 aliphatic carbocycles. The molecule has 7 heteroatoms. The Balaban J connectivity index is 1.21. The highest BCUT2D eigenvalue weighted by molar-refractivity contribution is 7.58. The molecule has 0 aromatic heterocycles. The highest BCUT2D eigenvalue weighted by Crippen LogP contribution is 2.47. The third-order valence-corrected chi connectivity index (χ3v) is 17.5. The van der Waals surface area contributed by atoms with E-state index in [-0.39, 0.29) is 40.3 Å². The molecule has 4 aliphatic rings. The molecule has 0 radical (unpaired) electrons. The molecule has 4 saturated carbocycles. The largest absolute Gasteiger partial charge is 0.393 e. The molecule has 0 bridgehead atoms. The predicted octanol–water partition coefficient (Wildman–Crippen LogP) is 9.14. The Labute approximate surface area is 290 Å². The molecule has 5 rings (SSSR count). The van der Waals surface area contributed by atoms with Gasteiger partial charge in [0.25, 0.3) is 0 Å². The van der Waals surface area contributed by atoms with Crippen LogP contribution in [0.4, 0.5) is 5.69 Å².